The third-order valence-electron chi connectivity index (χ3n) is 3.83. The first-order valence-electron chi connectivity index (χ1n) is 6.76. The molecule has 2 aromatic rings. The minimum absolute atomic E-state index is 0.203. The van der Waals surface area contributed by atoms with Crippen molar-refractivity contribution in [1.29, 1.82) is 0 Å². The molecule has 94 valence electrons. The fourth-order valence-electron chi connectivity index (χ4n) is 2.77. The number of aliphatic hydroxyl groups is 1. The summed E-state index contributed by atoms with van der Waals surface area (Å²) in [6.07, 6.45) is 4.14. The van der Waals surface area contributed by atoms with E-state index in [9.17, 15) is 5.11 Å². The summed E-state index contributed by atoms with van der Waals surface area (Å²) in [5.41, 5.74) is 1.11. The molecule has 2 N–H and O–H groups in total. The van der Waals surface area contributed by atoms with Crippen molar-refractivity contribution in [2.45, 2.75) is 37.8 Å². The highest BCUT2D eigenvalue weighted by atomic mass is 16.3. The molecule has 0 saturated heterocycles. The normalized spacial score (nSPS) is 24.1. The number of anilines is 1. The average Bonchev–Trinajstić information content (AvgIpc) is 2.41. The second-order valence-corrected chi connectivity index (χ2v) is 5.16. The fraction of sp³-hybridized carbons (Fsp3) is 0.375. The topological polar surface area (TPSA) is 32.3 Å². The Bertz CT molecular complexity index is 537. The van der Waals surface area contributed by atoms with Crippen LogP contribution in [0.4, 0.5) is 5.69 Å². The average molecular weight is 241 g/mol. The molecule has 2 heteroatoms. The van der Waals surface area contributed by atoms with E-state index in [1.165, 1.54) is 17.2 Å². The van der Waals surface area contributed by atoms with Crippen LogP contribution in [0.3, 0.4) is 0 Å². The van der Waals surface area contributed by atoms with Gasteiger partial charge in [-0.2, -0.15) is 0 Å². The number of hydrogen-bond acceptors (Lipinski definition) is 2. The van der Waals surface area contributed by atoms with Crippen LogP contribution in [0.1, 0.15) is 25.7 Å². The highest BCUT2D eigenvalue weighted by Gasteiger charge is 2.22. The zero-order valence-electron chi connectivity index (χ0n) is 10.5. The van der Waals surface area contributed by atoms with Crippen molar-refractivity contribution in [1.82, 2.24) is 0 Å². The number of hydrogen-bond donors (Lipinski definition) is 2. The Balaban J connectivity index is 1.81. The molecule has 18 heavy (non-hydrogen) atoms. The van der Waals surface area contributed by atoms with E-state index < -0.39 is 0 Å². The second-order valence-electron chi connectivity index (χ2n) is 5.16. The summed E-state index contributed by atoms with van der Waals surface area (Å²) in [6, 6.07) is 15.0. The van der Waals surface area contributed by atoms with Gasteiger partial charge >= 0.3 is 0 Å². The SMILES string of the molecule is O[C@H]1CCCC[C@@H]1Nc1ccc2ccccc2c1. The van der Waals surface area contributed by atoms with E-state index in [0.717, 1.165) is 24.9 Å². The minimum atomic E-state index is -0.203. The van der Waals surface area contributed by atoms with Crippen LogP contribution in [-0.2, 0) is 0 Å². The van der Waals surface area contributed by atoms with Crippen molar-refractivity contribution >= 4 is 16.5 Å². The summed E-state index contributed by atoms with van der Waals surface area (Å²) in [6.45, 7) is 0. The maximum Gasteiger partial charge on any atom is 0.0741 e. The second kappa shape index (κ2) is 4.99. The quantitative estimate of drug-likeness (QED) is 0.842. The lowest BCUT2D eigenvalue weighted by Gasteiger charge is -2.29. The summed E-state index contributed by atoms with van der Waals surface area (Å²) < 4.78 is 0. The van der Waals surface area contributed by atoms with Gasteiger partial charge in [0, 0.05) is 5.69 Å². The molecule has 0 amide bonds. The maximum atomic E-state index is 9.98. The van der Waals surface area contributed by atoms with E-state index in [1.54, 1.807) is 0 Å². The molecular weight excluding hydrogens is 222 g/mol. The van der Waals surface area contributed by atoms with Crippen LogP contribution < -0.4 is 5.32 Å². The molecule has 0 spiro atoms. The predicted octanol–water partition coefficient (Wildman–Crippen LogP) is 3.56. The van der Waals surface area contributed by atoms with Crippen molar-refractivity contribution < 1.29 is 5.11 Å². The predicted molar refractivity (Wildman–Crippen MR) is 75.8 cm³/mol. The number of aliphatic hydroxyl groups excluding tert-OH is 1. The highest BCUT2D eigenvalue weighted by Crippen LogP contribution is 2.24. The maximum absolute atomic E-state index is 9.98. The Morgan fingerprint density at radius 2 is 1.72 bits per heavy atom. The third kappa shape index (κ3) is 2.34. The van der Waals surface area contributed by atoms with Crippen molar-refractivity contribution in [3.05, 3.63) is 42.5 Å². The zero-order chi connectivity index (χ0) is 12.4. The molecular formula is C16H19NO. The molecule has 0 aliphatic heterocycles. The van der Waals surface area contributed by atoms with Gasteiger partial charge in [0.15, 0.2) is 0 Å². The van der Waals surface area contributed by atoms with Crippen molar-refractivity contribution in [3.8, 4) is 0 Å². The number of benzene rings is 2. The number of fused-ring (bicyclic) bond motifs is 1. The molecule has 2 aromatic carbocycles. The Hall–Kier alpha value is -1.54. The monoisotopic (exact) mass is 241 g/mol. The molecule has 0 aromatic heterocycles. The van der Waals surface area contributed by atoms with Crippen LogP contribution in [0, 0.1) is 0 Å². The molecule has 0 bridgehead atoms. The van der Waals surface area contributed by atoms with Gasteiger partial charge in [-0.25, -0.2) is 0 Å². The van der Waals surface area contributed by atoms with Crippen LogP contribution in [0.5, 0.6) is 0 Å². The summed E-state index contributed by atoms with van der Waals surface area (Å²) in [4.78, 5) is 0. The lowest BCUT2D eigenvalue weighted by atomic mass is 9.92. The number of rotatable bonds is 2. The van der Waals surface area contributed by atoms with Crippen LogP contribution >= 0.6 is 0 Å². The highest BCUT2D eigenvalue weighted by molar-refractivity contribution is 5.85. The van der Waals surface area contributed by atoms with Gasteiger partial charge in [-0.15, -0.1) is 0 Å². The minimum Gasteiger partial charge on any atom is -0.391 e. The molecule has 1 fully saturated rings. The Morgan fingerprint density at radius 1 is 0.944 bits per heavy atom. The van der Waals surface area contributed by atoms with E-state index in [4.69, 9.17) is 0 Å². The first kappa shape index (κ1) is 11.5. The van der Waals surface area contributed by atoms with Gasteiger partial charge < -0.3 is 10.4 Å². The van der Waals surface area contributed by atoms with Crippen molar-refractivity contribution in [3.63, 3.8) is 0 Å². The summed E-state index contributed by atoms with van der Waals surface area (Å²) in [5.74, 6) is 0. The van der Waals surface area contributed by atoms with E-state index in [0.29, 0.717) is 0 Å². The molecule has 1 aliphatic carbocycles. The zero-order valence-corrected chi connectivity index (χ0v) is 10.5. The largest absolute Gasteiger partial charge is 0.391 e. The van der Waals surface area contributed by atoms with E-state index in [2.05, 4.69) is 47.8 Å². The van der Waals surface area contributed by atoms with Gasteiger partial charge in [-0.1, -0.05) is 43.2 Å². The molecule has 0 unspecified atom stereocenters. The van der Waals surface area contributed by atoms with Crippen molar-refractivity contribution in [2.24, 2.45) is 0 Å². The van der Waals surface area contributed by atoms with Crippen LogP contribution in [0.2, 0.25) is 0 Å². The first-order valence-corrected chi connectivity index (χ1v) is 6.76. The Kier molecular flexibility index (Phi) is 3.20. The third-order valence-corrected chi connectivity index (χ3v) is 3.83. The lowest BCUT2D eigenvalue weighted by molar-refractivity contribution is 0.116. The van der Waals surface area contributed by atoms with Gasteiger partial charge in [0.1, 0.15) is 0 Å². The summed E-state index contributed by atoms with van der Waals surface area (Å²) >= 11 is 0. The van der Waals surface area contributed by atoms with Crippen molar-refractivity contribution in [2.75, 3.05) is 5.32 Å². The molecule has 0 radical (unpaired) electrons. The molecule has 3 rings (SSSR count). The standard InChI is InChI=1S/C16H19NO/c18-16-8-4-3-7-15(16)17-14-10-9-12-5-1-2-6-13(12)11-14/h1-2,5-6,9-11,15-18H,3-4,7-8H2/t15-,16-/m0/s1. The summed E-state index contributed by atoms with van der Waals surface area (Å²) in [7, 11) is 0. The van der Waals surface area contributed by atoms with Gasteiger partial charge in [0.05, 0.1) is 12.1 Å². The van der Waals surface area contributed by atoms with Crippen LogP contribution in [0.25, 0.3) is 10.8 Å². The Labute approximate surface area is 108 Å². The number of nitrogens with one attached hydrogen (secondary N) is 1. The molecule has 2 atom stereocenters. The van der Waals surface area contributed by atoms with Gasteiger partial charge in [-0.3, -0.25) is 0 Å². The van der Waals surface area contributed by atoms with Crippen LogP contribution in [-0.4, -0.2) is 17.3 Å². The van der Waals surface area contributed by atoms with Gasteiger partial charge in [0.2, 0.25) is 0 Å². The fourth-order valence-corrected chi connectivity index (χ4v) is 2.77. The molecule has 1 saturated carbocycles. The lowest BCUT2D eigenvalue weighted by Crippen LogP contribution is -2.36. The molecule has 0 heterocycles. The Morgan fingerprint density at radius 3 is 2.56 bits per heavy atom. The molecule has 2 nitrogen and oxygen atoms in total. The van der Waals surface area contributed by atoms with Gasteiger partial charge in [-0.05, 0) is 35.7 Å². The van der Waals surface area contributed by atoms with E-state index in [-0.39, 0.29) is 12.1 Å². The van der Waals surface area contributed by atoms with Gasteiger partial charge in [0.25, 0.3) is 0 Å². The van der Waals surface area contributed by atoms with E-state index in [1.807, 2.05) is 0 Å². The van der Waals surface area contributed by atoms with E-state index >= 15 is 0 Å². The summed E-state index contributed by atoms with van der Waals surface area (Å²) in [5, 5.41) is 16.0. The smallest absolute Gasteiger partial charge is 0.0741 e. The molecule has 1 aliphatic rings. The van der Waals surface area contributed by atoms with Crippen LogP contribution in [0.15, 0.2) is 42.5 Å². The first-order chi connectivity index (χ1) is 8.83.